The molecule has 2 saturated carbocycles. The average Bonchev–Trinajstić information content (AvgIpc) is 3.59. The molecule has 4 aliphatic rings. The van der Waals surface area contributed by atoms with Gasteiger partial charge >= 0.3 is 10.8 Å². The number of amides is 2. The fourth-order valence-corrected chi connectivity index (χ4v) is 10.0. The molecule has 3 N–H and O–H groups in total. The highest BCUT2D eigenvalue weighted by molar-refractivity contribution is 8.00. The number of carboxylic acid groups (broad SMARTS) is 1. The van der Waals surface area contributed by atoms with Crippen LogP contribution in [0.3, 0.4) is 0 Å². The second-order valence-electron chi connectivity index (χ2n) is 10.1. The van der Waals surface area contributed by atoms with Crippen LogP contribution in [0.5, 0.6) is 17.2 Å². The number of methoxy groups -OCH3 is 2. The van der Waals surface area contributed by atoms with Crippen LogP contribution in [0.15, 0.2) is 22.0 Å². The Morgan fingerprint density at radius 3 is 2.38 bits per heavy atom. The van der Waals surface area contributed by atoms with Crippen molar-refractivity contribution in [2.75, 3.05) is 20.8 Å². The number of hydrogen-bond acceptors (Lipinski definition) is 9. The number of hydrogen-bond donors (Lipinski definition) is 3. The van der Waals surface area contributed by atoms with Gasteiger partial charge in [0.05, 0.1) is 31.1 Å². The summed E-state index contributed by atoms with van der Waals surface area (Å²) in [5.74, 6) is -2.14. The van der Waals surface area contributed by atoms with Crippen LogP contribution in [0.1, 0.15) is 35.6 Å². The molecule has 10 nitrogen and oxygen atoms in total. The van der Waals surface area contributed by atoms with E-state index in [1.54, 1.807) is 23.9 Å². The summed E-state index contributed by atoms with van der Waals surface area (Å²) in [6.45, 7) is 0.120. The van der Waals surface area contributed by atoms with Crippen LogP contribution in [0.2, 0.25) is 0 Å². The number of carbonyl (C=O) groups excluding carboxylic acids is 2. The Hall–Kier alpha value is -2.99. The number of H-pyrrole nitrogens is 1. The molecule has 196 valence electrons. The molecule has 3 fully saturated rings. The van der Waals surface area contributed by atoms with E-state index >= 15 is 0 Å². The number of likely N-dealkylation sites (tertiary alicyclic amines) is 1. The molecule has 2 aliphatic heterocycles. The third-order valence-corrected chi connectivity index (χ3v) is 11.0. The Balaban J connectivity index is 1.41. The lowest BCUT2D eigenvalue weighted by atomic mass is 9.68. The summed E-state index contributed by atoms with van der Waals surface area (Å²) in [6.07, 6.45) is 0.887. The van der Waals surface area contributed by atoms with E-state index in [0.717, 1.165) is 33.2 Å². The largest absolute Gasteiger partial charge is 0.502 e. The van der Waals surface area contributed by atoms with Crippen molar-refractivity contribution in [2.24, 2.45) is 29.6 Å². The van der Waals surface area contributed by atoms with E-state index in [1.807, 2.05) is 0 Å². The summed E-state index contributed by atoms with van der Waals surface area (Å²) in [5, 5.41) is 20.3. The first-order chi connectivity index (χ1) is 17.7. The van der Waals surface area contributed by atoms with E-state index in [2.05, 4.69) is 4.98 Å². The minimum Gasteiger partial charge on any atom is -0.502 e. The molecule has 2 bridgehead atoms. The van der Waals surface area contributed by atoms with Crippen molar-refractivity contribution in [1.82, 2.24) is 9.88 Å². The van der Waals surface area contributed by atoms with Crippen molar-refractivity contribution in [3.05, 3.63) is 32.2 Å². The third-order valence-electron chi connectivity index (χ3n) is 8.45. The van der Waals surface area contributed by atoms with Crippen molar-refractivity contribution in [1.29, 1.82) is 0 Å². The number of benzene rings is 1. The molecule has 37 heavy (non-hydrogen) atoms. The lowest BCUT2D eigenvalue weighted by molar-refractivity contribution is -0.142. The van der Waals surface area contributed by atoms with Crippen LogP contribution in [0.25, 0.3) is 0 Å². The number of aliphatic carboxylic acids is 1. The number of rotatable bonds is 7. The molecular formula is C25H26N2O8S2. The molecule has 2 aliphatic carbocycles. The smallest absolute Gasteiger partial charge is 0.305 e. The Morgan fingerprint density at radius 1 is 1.11 bits per heavy atom. The minimum absolute atomic E-state index is 0.00938. The predicted molar refractivity (Wildman–Crippen MR) is 133 cm³/mol. The first-order valence-electron chi connectivity index (χ1n) is 12.2. The second-order valence-corrected chi connectivity index (χ2v) is 12.3. The zero-order valence-corrected chi connectivity index (χ0v) is 21.8. The molecule has 0 spiro atoms. The number of nitrogens with one attached hydrogen (secondary N) is 1. The van der Waals surface area contributed by atoms with Crippen LogP contribution < -0.4 is 14.3 Å². The van der Waals surface area contributed by atoms with Gasteiger partial charge in [-0.3, -0.25) is 24.1 Å². The van der Waals surface area contributed by atoms with E-state index in [0.29, 0.717) is 0 Å². The predicted octanol–water partition coefficient (Wildman–Crippen LogP) is 2.50. The van der Waals surface area contributed by atoms with Crippen LogP contribution >= 0.6 is 23.1 Å². The van der Waals surface area contributed by atoms with Gasteiger partial charge in [-0.1, -0.05) is 11.3 Å². The fourth-order valence-electron chi connectivity index (χ4n) is 7.15. The maximum Gasteiger partial charge on any atom is 0.305 e. The lowest BCUT2D eigenvalue weighted by Crippen LogP contribution is -2.42. The number of imide groups is 1. The number of carboxylic acids is 1. The number of ether oxygens (including phenoxy) is 2. The lowest BCUT2D eigenvalue weighted by Gasteiger charge is -2.43. The number of fused-ring (bicyclic) bond motifs is 9. The quantitative estimate of drug-likeness (QED) is 0.446. The molecule has 6 rings (SSSR count). The number of thioether (sulfide) groups is 1. The summed E-state index contributed by atoms with van der Waals surface area (Å²) in [6, 6.07) is 3.51. The fraction of sp³-hybridized carbons (Fsp3) is 0.520. The van der Waals surface area contributed by atoms with Gasteiger partial charge < -0.3 is 24.7 Å². The highest BCUT2D eigenvalue weighted by atomic mass is 32.2. The summed E-state index contributed by atoms with van der Waals surface area (Å²) in [7, 11) is 2.92. The van der Waals surface area contributed by atoms with Crippen molar-refractivity contribution in [3.8, 4) is 17.2 Å². The van der Waals surface area contributed by atoms with Gasteiger partial charge in [-0.25, -0.2) is 0 Å². The van der Waals surface area contributed by atoms with E-state index < -0.39 is 17.8 Å². The van der Waals surface area contributed by atoms with Gasteiger partial charge in [0.15, 0.2) is 11.5 Å². The number of nitrogens with zero attached hydrogens (tertiary/aromatic N) is 1. The highest BCUT2D eigenvalue weighted by Crippen LogP contribution is 2.68. The number of carbonyl (C=O) groups is 3. The first-order valence-corrected chi connectivity index (χ1v) is 13.9. The van der Waals surface area contributed by atoms with E-state index in [9.17, 15) is 24.3 Å². The van der Waals surface area contributed by atoms with Gasteiger partial charge in [0.2, 0.25) is 17.6 Å². The van der Waals surface area contributed by atoms with E-state index in [4.69, 9.17) is 14.6 Å². The van der Waals surface area contributed by atoms with Gasteiger partial charge in [0.25, 0.3) is 0 Å². The SMILES string of the molecule is COc1cc(C2c3sc(=O)[nH]c3SC3C4CC(C5C(=O)N(CCCC(=O)O)C(=O)C45)C23)cc(OC)c1O. The average molecular weight is 547 g/mol. The Morgan fingerprint density at radius 2 is 1.76 bits per heavy atom. The molecule has 3 heterocycles. The van der Waals surface area contributed by atoms with Crippen LogP contribution in [-0.2, 0) is 14.4 Å². The van der Waals surface area contributed by atoms with Crippen LogP contribution in [0.4, 0.5) is 0 Å². The Bertz CT molecular complexity index is 1340. The maximum atomic E-state index is 13.5. The molecular weight excluding hydrogens is 520 g/mol. The zero-order chi connectivity index (χ0) is 26.2. The standard InChI is InChI=1S/C25H26N2O8S2/c1-34-12-6-9(7-13(35-2)19(12)30)15-16-10-8-11(20(16)36-22-21(15)37-25(33)26-22)18-17(10)23(31)27(24(18)32)5-3-4-14(28)29/h6-7,10-11,15-18,20,30H,3-5,8H2,1-2H3,(H,26,33)(H,28,29). The topological polar surface area (TPSA) is 146 Å². The van der Waals surface area contributed by atoms with E-state index in [-0.39, 0.29) is 82.2 Å². The Kier molecular flexibility index (Phi) is 5.79. The molecule has 1 aromatic heterocycles. The molecule has 2 amide bonds. The number of phenolic OH excluding ortho intramolecular Hbond substituents is 1. The number of thiazole rings is 1. The minimum atomic E-state index is -0.954. The van der Waals surface area contributed by atoms with Gasteiger partial charge in [-0.2, -0.15) is 0 Å². The van der Waals surface area contributed by atoms with Gasteiger partial charge in [-0.15, -0.1) is 11.8 Å². The number of aromatic hydroxyl groups is 1. The zero-order valence-electron chi connectivity index (χ0n) is 20.1. The van der Waals surface area contributed by atoms with Crippen molar-refractivity contribution in [2.45, 2.75) is 35.5 Å². The molecule has 7 unspecified atom stereocenters. The number of aromatic amines is 1. The number of aromatic nitrogens is 1. The molecule has 2 aromatic rings. The molecule has 12 heteroatoms. The van der Waals surface area contributed by atoms with Crippen molar-refractivity contribution < 1.29 is 34.1 Å². The number of phenols is 1. The summed E-state index contributed by atoms with van der Waals surface area (Å²) >= 11 is 2.74. The van der Waals surface area contributed by atoms with Gasteiger partial charge in [-0.05, 0) is 48.3 Å². The van der Waals surface area contributed by atoms with Gasteiger partial charge in [0.1, 0.15) is 0 Å². The second kappa shape index (κ2) is 8.80. The van der Waals surface area contributed by atoms with Crippen molar-refractivity contribution >= 4 is 40.9 Å². The van der Waals surface area contributed by atoms with Crippen molar-refractivity contribution in [3.63, 3.8) is 0 Å². The van der Waals surface area contributed by atoms with Gasteiger partial charge in [0, 0.05) is 29.0 Å². The Labute approximate surface area is 220 Å². The summed E-state index contributed by atoms with van der Waals surface area (Å²) < 4.78 is 10.8. The highest BCUT2D eigenvalue weighted by Gasteiger charge is 2.69. The third kappa shape index (κ3) is 3.52. The van der Waals surface area contributed by atoms with Crippen LogP contribution in [0, 0.1) is 29.6 Å². The summed E-state index contributed by atoms with van der Waals surface area (Å²) in [5.41, 5.74) is 0.817. The summed E-state index contributed by atoms with van der Waals surface area (Å²) in [4.78, 5) is 55.2. The van der Waals surface area contributed by atoms with E-state index in [1.165, 1.54) is 19.1 Å². The monoisotopic (exact) mass is 546 g/mol. The van der Waals surface area contributed by atoms with Crippen LogP contribution in [-0.4, -0.2) is 63.9 Å². The molecule has 0 radical (unpaired) electrons. The first kappa shape index (κ1) is 24.4. The maximum absolute atomic E-state index is 13.5. The molecule has 1 aromatic carbocycles. The molecule has 7 atom stereocenters. The normalized spacial score (nSPS) is 31.3. The molecule has 1 saturated heterocycles.